The maximum Gasteiger partial charge on any atom is 0.250 e. The lowest BCUT2D eigenvalue weighted by molar-refractivity contribution is -0.117. The second-order valence-corrected chi connectivity index (χ2v) is 5.02. The van der Waals surface area contributed by atoms with Crippen LogP contribution in [0.2, 0.25) is 0 Å². The molecular formula is C16H14FN3O2. The van der Waals surface area contributed by atoms with Crippen LogP contribution in [-0.2, 0) is 11.2 Å². The van der Waals surface area contributed by atoms with Crippen molar-refractivity contribution in [3.8, 4) is 0 Å². The van der Waals surface area contributed by atoms with Crippen molar-refractivity contribution >= 4 is 11.5 Å². The Kier molecular flexibility index (Phi) is 3.93. The third kappa shape index (κ3) is 2.87. The third-order valence-corrected chi connectivity index (χ3v) is 3.52. The number of benzene rings is 1. The largest absolute Gasteiger partial charge is 0.391 e. The molecule has 2 aromatic rings. The average molecular weight is 299 g/mol. The Bertz CT molecular complexity index is 724. The Hall–Kier alpha value is -2.60. The first-order valence-electron chi connectivity index (χ1n) is 6.84. The molecule has 0 atom stereocenters. The summed E-state index contributed by atoms with van der Waals surface area (Å²) in [7, 11) is 0. The molecule has 0 saturated carbocycles. The molecule has 0 radical (unpaired) electrons. The molecule has 112 valence electrons. The zero-order valence-corrected chi connectivity index (χ0v) is 11.7. The lowest BCUT2D eigenvalue weighted by Gasteiger charge is -2.04. The minimum absolute atomic E-state index is 0.266. The van der Waals surface area contributed by atoms with Crippen LogP contribution in [0.1, 0.15) is 17.0 Å². The summed E-state index contributed by atoms with van der Waals surface area (Å²) >= 11 is 0. The van der Waals surface area contributed by atoms with Gasteiger partial charge in [-0.1, -0.05) is 12.1 Å². The maximum absolute atomic E-state index is 12.9. The van der Waals surface area contributed by atoms with Gasteiger partial charge in [-0.15, -0.1) is 0 Å². The smallest absolute Gasteiger partial charge is 0.250 e. The number of carbonyl (C=O) groups excluding carboxylic acids is 1. The summed E-state index contributed by atoms with van der Waals surface area (Å²) in [6.45, 7) is -0.00606. The van der Waals surface area contributed by atoms with Crippen molar-refractivity contribution in [1.29, 1.82) is 0 Å². The summed E-state index contributed by atoms with van der Waals surface area (Å²) in [6, 6.07) is 6.27. The lowest BCUT2D eigenvalue weighted by atomic mass is 10.1. The maximum atomic E-state index is 12.9. The molecular weight excluding hydrogens is 285 g/mol. The van der Waals surface area contributed by atoms with Crippen molar-refractivity contribution in [1.82, 2.24) is 15.3 Å². The standard InChI is InChI=1S/C16H14FN3O2/c17-12-3-1-10(2-4-12)5-11-6-18-15(19-7-11)13-8-20-16(22)14(13)9-21/h1-4,6-7,21H,5,8-9H2,(H,20,22). The number of hydrogen-bond acceptors (Lipinski definition) is 4. The third-order valence-electron chi connectivity index (χ3n) is 3.52. The zero-order valence-electron chi connectivity index (χ0n) is 11.7. The molecule has 2 heterocycles. The molecule has 1 aliphatic heterocycles. The first-order chi connectivity index (χ1) is 10.7. The number of rotatable bonds is 4. The first kappa shape index (κ1) is 14.3. The first-order valence-corrected chi connectivity index (χ1v) is 6.84. The van der Waals surface area contributed by atoms with Gasteiger partial charge in [0.1, 0.15) is 5.82 Å². The van der Waals surface area contributed by atoms with Gasteiger partial charge in [-0.25, -0.2) is 14.4 Å². The van der Waals surface area contributed by atoms with Crippen molar-refractivity contribution in [3.05, 3.63) is 65.0 Å². The van der Waals surface area contributed by atoms with E-state index in [9.17, 15) is 14.3 Å². The van der Waals surface area contributed by atoms with Crippen molar-refractivity contribution < 1.29 is 14.3 Å². The molecule has 0 saturated heterocycles. The fraction of sp³-hybridized carbons (Fsp3) is 0.188. The van der Waals surface area contributed by atoms with Crippen LogP contribution in [0.4, 0.5) is 4.39 Å². The van der Waals surface area contributed by atoms with E-state index >= 15 is 0 Å². The van der Waals surface area contributed by atoms with Gasteiger partial charge in [0.15, 0.2) is 5.82 Å². The highest BCUT2D eigenvalue weighted by molar-refractivity contribution is 6.05. The second-order valence-electron chi connectivity index (χ2n) is 5.02. The molecule has 6 heteroatoms. The van der Waals surface area contributed by atoms with Crippen LogP contribution in [-0.4, -0.2) is 34.1 Å². The van der Waals surface area contributed by atoms with Crippen LogP contribution in [0.3, 0.4) is 0 Å². The normalized spacial score (nSPS) is 14.4. The monoisotopic (exact) mass is 299 g/mol. The van der Waals surface area contributed by atoms with Crippen LogP contribution < -0.4 is 5.32 Å². The van der Waals surface area contributed by atoms with E-state index in [1.54, 1.807) is 24.5 Å². The Labute approximate surface area is 126 Å². The lowest BCUT2D eigenvalue weighted by Crippen LogP contribution is -2.18. The number of carbonyl (C=O) groups is 1. The fourth-order valence-corrected chi connectivity index (χ4v) is 2.34. The highest BCUT2D eigenvalue weighted by Crippen LogP contribution is 2.19. The highest BCUT2D eigenvalue weighted by Gasteiger charge is 2.24. The minimum atomic E-state index is -0.331. The number of aliphatic hydroxyl groups is 1. The van der Waals surface area contributed by atoms with E-state index < -0.39 is 0 Å². The second kappa shape index (κ2) is 6.03. The highest BCUT2D eigenvalue weighted by atomic mass is 19.1. The number of amides is 1. The Morgan fingerprint density at radius 2 is 1.82 bits per heavy atom. The molecule has 0 bridgehead atoms. The molecule has 22 heavy (non-hydrogen) atoms. The van der Waals surface area contributed by atoms with E-state index in [-0.39, 0.29) is 18.3 Å². The number of aliphatic hydroxyl groups excluding tert-OH is 1. The molecule has 1 aromatic heterocycles. The van der Waals surface area contributed by atoms with Gasteiger partial charge in [0.25, 0.3) is 0 Å². The number of aromatic nitrogens is 2. The molecule has 0 fully saturated rings. The number of nitrogens with one attached hydrogen (secondary N) is 1. The van der Waals surface area contributed by atoms with Crippen LogP contribution >= 0.6 is 0 Å². The van der Waals surface area contributed by atoms with Gasteiger partial charge < -0.3 is 10.4 Å². The van der Waals surface area contributed by atoms with Gasteiger partial charge in [-0.2, -0.15) is 0 Å². The van der Waals surface area contributed by atoms with E-state index in [4.69, 9.17) is 0 Å². The number of hydrogen-bond donors (Lipinski definition) is 2. The average Bonchev–Trinajstić information content (AvgIpc) is 2.91. The Morgan fingerprint density at radius 3 is 2.45 bits per heavy atom. The van der Waals surface area contributed by atoms with Gasteiger partial charge in [-0.05, 0) is 23.3 Å². The predicted molar refractivity (Wildman–Crippen MR) is 78.3 cm³/mol. The summed E-state index contributed by atoms with van der Waals surface area (Å²) < 4.78 is 12.9. The van der Waals surface area contributed by atoms with Crippen molar-refractivity contribution in [2.75, 3.05) is 13.2 Å². The summed E-state index contributed by atoms with van der Waals surface area (Å²) in [5.74, 6) is -0.112. The quantitative estimate of drug-likeness (QED) is 0.886. The van der Waals surface area contributed by atoms with Crippen LogP contribution in [0.5, 0.6) is 0 Å². The summed E-state index contributed by atoms with van der Waals surface area (Å²) in [4.78, 5) is 20.0. The Morgan fingerprint density at radius 1 is 1.14 bits per heavy atom. The van der Waals surface area contributed by atoms with E-state index in [0.29, 0.717) is 29.9 Å². The van der Waals surface area contributed by atoms with Crippen LogP contribution in [0.15, 0.2) is 42.2 Å². The van der Waals surface area contributed by atoms with Gasteiger partial charge in [0.05, 0.1) is 12.2 Å². The van der Waals surface area contributed by atoms with E-state index in [1.165, 1.54) is 12.1 Å². The molecule has 5 nitrogen and oxygen atoms in total. The molecule has 1 amide bonds. The van der Waals surface area contributed by atoms with Crippen molar-refractivity contribution in [2.45, 2.75) is 6.42 Å². The summed E-state index contributed by atoms with van der Waals surface area (Å²) in [5.41, 5.74) is 2.79. The van der Waals surface area contributed by atoms with Gasteiger partial charge in [0, 0.05) is 30.9 Å². The number of halogens is 1. The zero-order chi connectivity index (χ0) is 15.5. The van der Waals surface area contributed by atoms with Gasteiger partial charge in [-0.3, -0.25) is 4.79 Å². The molecule has 2 N–H and O–H groups in total. The SMILES string of the molecule is O=C1NCC(c2ncc(Cc3ccc(F)cc3)cn2)=C1CO. The summed E-state index contributed by atoms with van der Waals surface area (Å²) in [5, 5.41) is 11.9. The minimum Gasteiger partial charge on any atom is -0.391 e. The number of nitrogens with zero attached hydrogens (tertiary/aromatic N) is 2. The van der Waals surface area contributed by atoms with E-state index in [2.05, 4.69) is 15.3 Å². The van der Waals surface area contributed by atoms with Crippen molar-refractivity contribution in [3.63, 3.8) is 0 Å². The van der Waals surface area contributed by atoms with Crippen LogP contribution in [0.25, 0.3) is 5.57 Å². The van der Waals surface area contributed by atoms with Crippen molar-refractivity contribution in [2.24, 2.45) is 0 Å². The molecule has 0 unspecified atom stereocenters. The van der Waals surface area contributed by atoms with E-state index in [1.807, 2.05) is 0 Å². The molecule has 0 spiro atoms. The molecule has 3 rings (SSSR count). The Balaban J connectivity index is 1.80. The van der Waals surface area contributed by atoms with Gasteiger partial charge >= 0.3 is 0 Å². The van der Waals surface area contributed by atoms with Crippen LogP contribution in [0, 0.1) is 5.82 Å². The molecule has 1 aliphatic rings. The topological polar surface area (TPSA) is 75.1 Å². The predicted octanol–water partition coefficient (Wildman–Crippen LogP) is 1.08. The molecule has 1 aromatic carbocycles. The summed E-state index contributed by atoms with van der Waals surface area (Å²) in [6.07, 6.45) is 3.95. The van der Waals surface area contributed by atoms with E-state index in [0.717, 1.165) is 11.1 Å². The molecule has 0 aliphatic carbocycles. The van der Waals surface area contributed by atoms with Gasteiger partial charge in [0.2, 0.25) is 5.91 Å². The fourth-order valence-electron chi connectivity index (χ4n) is 2.34.